The average molecular weight is 784 g/mol. The number of aliphatic hydroxyl groups is 1. The number of rotatable bonds is 15. The SMILES string of the molecule is CCCCCc1cc([C@@H]2Cc3cccc(c3)[C@@]3(CC[C@@H]4C=c5ccccc5=C(O)[C@@H]4C3)[C@@H](C(=O)O)C/C=C\C[C@@H]2CCCCCC[C@@H]2C=C(CCN)CC2)ccc1O. The van der Waals surface area contributed by atoms with Gasteiger partial charge in [0, 0.05) is 16.6 Å². The number of carbonyl (C=O) groups is 1. The van der Waals surface area contributed by atoms with Crippen molar-refractivity contribution >= 4 is 17.8 Å². The highest BCUT2D eigenvalue weighted by Crippen LogP contribution is 2.53. The van der Waals surface area contributed by atoms with Crippen LogP contribution in [0.4, 0.5) is 0 Å². The lowest BCUT2D eigenvalue weighted by atomic mass is 9.55. The lowest BCUT2D eigenvalue weighted by Crippen LogP contribution is -2.48. The van der Waals surface area contributed by atoms with Gasteiger partial charge in [-0.25, -0.2) is 0 Å². The molecule has 3 aromatic rings. The van der Waals surface area contributed by atoms with Crippen LogP contribution in [0.25, 0.3) is 11.8 Å². The first-order valence-corrected chi connectivity index (χ1v) is 23.0. The lowest BCUT2D eigenvalue weighted by molar-refractivity contribution is -0.145. The molecule has 5 N–H and O–H groups in total. The molecular formula is C53H69NO4. The third kappa shape index (κ3) is 9.68. The van der Waals surface area contributed by atoms with Crippen LogP contribution in [0.2, 0.25) is 0 Å². The summed E-state index contributed by atoms with van der Waals surface area (Å²) in [5.41, 5.74) is 11.5. The van der Waals surface area contributed by atoms with Crippen molar-refractivity contribution in [3.8, 4) is 5.75 Å². The van der Waals surface area contributed by atoms with E-state index in [0.717, 1.165) is 98.2 Å². The Bertz CT molecular complexity index is 2050. The largest absolute Gasteiger partial charge is 0.511 e. The van der Waals surface area contributed by atoms with E-state index in [4.69, 9.17) is 5.73 Å². The zero-order valence-corrected chi connectivity index (χ0v) is 35.1. The van der Waals surface area contributed by atoms with Gasteiger partial charge in [0.1, 0.15) is 11.5 Å². The molecule has 0 heterocycles. The minimum Gasteiger partial charge on any atom is -0.511 e. The van der Waals surface area contributed by atoms with Crippen LogP contribution >= 0.6 is 0 Å². The van der Waals surface area contributed by atoms with Crippen LogP contribution in [0, 0.1) is 29.6 Å². The number of phenolic OH excluding ortho intramolecular Hbond substituents is 1. The van der Waals surface area contributed by atoms with Crippen LogP contribution in [-0.2, 0) is 23.1 Å². The maximum absolute atomic E-state index is 13.5. The molecule has 7 rings (SSSR count). The van der Waals surface area contributed by atoms with Crippen LogP contribution in [0.3, 0.4) is 0 Å². The van der Waals surface area contributed by atoms with E-state index in [-0.39, 0.29) is 17.8 Å². The molecule has 0 aliphatic heterocycles. The number of carboxylic acids is 1. The number of aryl methyl sites for hydroxylation is 1. The number of benzene rings is 3. The summed E-state index contributed by atoms with van der Waals surface area (Å²) in [6.07, 6.45) is 28.9. The summed E-state index contributed by atoms with van der Waals surface area (Å²) in [6.45, 7) is 2.98. The number of fused-ring (bicyclic) bond motifs is 5. The fourth-order valence-electron chi connectivity index (χ4n) is 11.5. The van der Waals surface area contributed by atoms with Gasteiger partial charge < -0.3 is 21.1 Å². The van der Waals surface area contributed by atoms with Gasteiger partial charge >= 0.3 is 5.97 Å². The molecule has 4 aliphatic carbocycles. The number of aromatic hydroxyl groups is 1. The van der Waals surface area contributed by atoms with Crippen molar-refractivity contribution in [2.24, 2.45) is 35.3 Å². The Morgan fingerprint density at radius 3 is 2.48 bits per heavy atom. The molecule has 0 aromatic heterocycles. The molecule has 0 radical (unpaired) electrons. The molecule has 0 saturated heterocycles. The number of unbranched alkanes of at least 4 members (excludes halogenated alkanes) is 5. The van der Waals surface area contributed by atoms with E-state index in [1.807, 2.05) is 24.3 Å². The van der Waals surface area contributed by atoms with Crippen molar-refractivity contribution in [2.45, 2.75) is 140 Å². The molecule has 2 bridgehead atoms. The van der Waals surface area contributed by atoms with Crippen LogP contribution in [0.1, 0.15) is 144 Å². The average Bonchev–Trinajstić information content (AvgIpc) is 3.68. The van der Waals surface area contributed by atoms with Gasteiger partial charge in [-0.1, -0.05) is 136 Å². The van der Waals surface area contributed by atoms with Gasteiger partial charge in [0.15, 0.2) is 0 Å². The number of hydrogen-bond acceptors (Lipinski definition) is 4. The second kappa shape index (κ2) is 19.8. The van der Waals surface area contributed by atoms with E-state index in [9.17, 15) is 20.1 Å². The predicted molar refractivity (Wildman–Crippen MR) is 238 cm³/mol. The monoisotopic (exact) mass is 784 g/mol. The molecule has 0 amide bonds. The smallest absolute Gasteiger partial charge is 0.307 e. The fourth-order valence-corrected chi connectivity index (χ4v) is 11.5. The van der Waals surface area contributed by atoms with Gasteiger partial charge in [0.05, 0.1) is 5.92 Å². The molecule has 5 nitrogen and oxygen atoms in total. The summed E-state index contributed by atoms with van der Waals surface area (Å²) in [5, 5.41) is 35.8. The predicted octanol–water partition coefficient (Wildman–Crippen LogP) is 11.0. The molecule has 5 heteroatoms. The number of carboxylic acid groups (broad SMARTS) is 1. The molecule has 0 unspecified atom stereocenters. The molecule has 1 spiro atoms. The number of hydrogen-bond donors (Lipinski definition) is 4. The Hall–Kier alpha value is -4.09. The Labute approximate surface area is 347 Å². The minimum absolute atomic E-state index is 0.116. The Morgan fingerprint density at radius 2 is 1.66 bits per heavy atom. The van der Waals surface area contributed by atoms with Crippen molar-refractivity contribution in [2.75, 3.05) is 6.54 Å². The Kier molecular flexibility index (Phi) is 14.3. The summed E-state index contributed by atoms with van der Waals surface area (Å²) >= 11 is 0. The maximum atomic E-state index is 13.5. The van der Waals surface area contributed by atoms with Crippen molar-refractivity contribution in [3.05, 3.63) is 123 Å². The first-order chi connectivity index (χ1) is 28.3. The highest BCUT2D eigenvalue weighted by Gasteiger charge is 2.50. The molecule has 58 heavy (non-hydrogen) atoms. The summed E-state index contributed by atoms with van der Waals surface area (Å²) in [5.74, 6) is 0.929. The van der Waals surface area contributed by atoms with E-state index < -0.39 is 17.3 Å². The van der Waals surface area contributed by atoms with Gasteiger partial charge in [-0.3, -0.25) is 4.79 Å². The number of allylic oxidation sites excluding steroid dienone is 3. The van der Waals surface area contributed by atoms with Crippen molar-refractivity contribution in [1.29, 1.82) is 0 Å². The van der Waals surface area contributed by atoms with Crippen molar-refractivity contribution in [1.82, 2.24) is 0 Å². The topological polar surface area (TPSA) is 104 Å². The molecule has 310 valence electrons. The Balaban J connectivity index is 1.17. The quantitative estimate of drug-likeness (QED) is 0.0908. The second-order valence-electron chi connectivity index (χ2n) is 18.4. The van der Waals surface area contributed by atoms with Crippen LogP contribution in [0.15, 0.2) is 90.5 Å². The molecule has 7 atom stereocenters. The summed E-state index contributed by atoms with van der Waals surface area (Å²) < 4.78 is 0. The normalized spacial score (nSPS) is 27.4. The van der Waals surface area contributed by atoms with Crippen LogP contribution in [-0.4, -0.2) is 27.8 Å². The van der Waals surface area contributed by atoms with E-state index in [0.29, 0.717) is 30.3 Å². The number of aliphatic carboxylic acids is 1. The number of phenols is 1. The zero-order chi connectivity index (χ0) is 40.5. The van der Waals surface area contributed by atoms with Gasteiger partial charge in [0.2, 0.25) is 0 Å². The molecule has 1 fully saturated rings. The van der Waals surface area contributed by atoms with E-state index in [1.165, 1.54) is 56.1 Å². The van der Waals surface area contributed by atoms with Crippen molar-refractivity contribution < 1.29 is 20.1 Å². The minimum atomic E-state index is -0.747. The third-order valence-electron chi connectivity index (χ3n) is 14.7. The maximum Gasteiger partial charge on any atom is 0.307 e. The third-order valence-corrected chi connectivity index (χ3v) is 14.7. The standard InChI is InChI=1S/C53H69NO4/c1-2-3-6-19-44-35-42(25-26-50(44)55)47-33-39-15-13-20-45(32-39)53(29-27-43-34-41-18-9-11-21-46(41)51(56)48(43)36-53)49(52(57)58)22-12-10-17-40(47)16-8-5-4-7-14-37-23-24-38(31-37)28-30-54/h9-13,15,18,20-21,25-26,31-32,34-35,37,40,43,47-49,55-56H,2-8,14,16-17,19,22-24,27-30,33,36,54H2,1H3,(H,57,58)/b12-10-/t37-,40-,43+,47+,48+,49+,53-/m0/s1. The highest BCUT2D eigenvalue weighted by molar-refractivity contribution is 5.73. The molecule has 3 aromatic carbocycles. The van der Waals surface area contributed by atoms with Gasteiger partial charge in [0.25, 0.3) is 0 Å². The molecule has 4 aliphatic rings. The second-order valence-corrected chi connectivity index (χ2v) is 18.4. The van der Waals surface area contributed by atoms with E-state index in [1.54, 1.807) is 5.57 Å². The van der Waals surface area contributed by atoms with E-state index in [2.05, 4.69) is 73.7 Å². The highest BCUT2D eigenvalue weighted by atomic mass is 16.4. The number of nitrogens with two attached hydrogens (primary N) is 1. The summed E-state index contributed by atoms with van der Waals surface area (Å²) in [4.78, 5) is 13.5. The van der Waals surface area contributed by atoms with Gasteiger partial charge in [-0.05, 0) is 147 Å². The molecule has 1 saturated carbocycles. The summed E-state index contributed by atoms with van der Waals surface area (Å²) in [6, 6.07) is 23.4. The first kappa shape index (κ1) is 42.0. The van der Waals surface area contributed by atoms with Crippen LogP contribution in [0.5, 0.6) is 5.75 Å². The fraction of sp³-hybridized carbons (Fsp3) is 0.528. The number of aliphatic hydroxyl groups excluding tert-OH is 1. The van der Waals surface area contributed by atoms with Crippen molar-refractivity contribution in [3.63, 3.8) is 0 Å². The van der Waals surface area contributed by atoms with Gasteiger partial charge in [-0.15, -0.1) is 0 Å². The first-order valence-electron chi connectivity index (χ1n) is 23.0. The zero-order valence-electron chi connectivity index (χ0n) is 35.1. The van der Waals surface area contributed by atoms with Gasteiger partial charge in [-0.2, -0.15) is 0 Å². The molecular weight excluding hydrogens is 715 g/mol. The van der Waals surface area contributed by atoms with Crippen LogP contribution < -0.4 is 16.2 Å². The lowest BCUT2D eigenvalue weighted by Gasteiger charge is -2.48. The van der Waals surface area contributed by atoms with E-state index >= 15 is 0 Å². The summed E-state index contributed by atoms with van der Waals surface area (Å²) in [7, 11) is 0. The Morgan fingerprint density at radius 1 is 0.828 bits per heavy atom.